The van der Waals surface area contributed by atoms with Gasteiger partial charge in [0.25, 0.3) is 0 Å². The van der Waals surface area contributed by atoms with E-state index in [1.165, 1.54) is 38.0 Å². The maximum Gasteiger partial charge on any atom is 0.0233 e. The number of rotatable bonds is 7. The van der Waals surface area contributed by atoms with Crippen molar-refractivity contribution >= 4 is 0 Å². The SMILES string of the molecule is CCN(Cc1ccccc1)CC1CCN(CCN)CC1. The lowest BCUT2D eigenvalue weighted by atomic mass is 9.96. The Bertz CT molecular complexity index is 358. The lowest BCUT2D eigenvalue weighted by molar-refractivity contribution is 0.145. The Kier molecular flexibility index (Phi) is 6.51. The van der Waals surface area contributed by atoms with Crippen molar-refractivity contribution in [2.24, 2.45) is 11.7 Å². The van der Waals surface area contributed by atoms with Gasteiger partial charge in [-0.15, -0.1) is 0 Å². The predicted octanol–water partition coefficient (Wildman–Crippen LogP) is 2.18. The van der Waals surface area contributed by atoms with Gasteiger partial charge in [0.1, 0.15) is 0 Å². The van der Waals surface area contributed by atoms with Gasteiger partial charge in [-0.2, -0.15) is 0 Å². The molecule has 0 aromatic heterocycles. The Labute approximate surface area is 123 Å². The normalized spacial score (nSPS) is 17.8. The fourth-order valence-electron chi connectivity index (χ4n) is 3.09. The number of hydrogen-bond donors (Lipinski definition) is 1. The van der Waals surface area contributed by atoms with Crippen molar-refractivity contribution in [2.75, 3.05) is 39.3 Å². The van der Waals surface area contributed by atoms with Gasteiger partial charge in [0.2, 0.25) is 0 Å². The zero-order valence-electron chi connectivity index (χ0n) is 12.8. The molecule has 2 N–H and O–H groups in total. The van der Waals surface area contributed by atoms with Crippen LogP contribution in [0.15, 0.2) is 30.3 Å². The quantitative estimate of drug-likeness (QED) is 0.828. The van der Waals surface area contributed by atoms with Crippen LogP contribution in [0.1, 0.15) is 25.3 Å². The van der Waals surface area contributed by atoms with Crippen LogP contribution in [0, 0.1) is 5.92 Å². The van der Waals surface area contributed by atoms with Crippen molar-refractivity contribution in [3.63, 3.8) is 0 Å². The van der Waals surface area contributed by atoms with Crippen LogP contribution in [0.25, 0.3) is 0 Å². The first-order valence-corrected chi connectivity index (χ1v) is 8.00. The Morgan fingerprint density at radius 2 is 1.90 bits per heavy atom. The van der Waals surface area contributed by atoms with Gasteiger partial charge in [-0.3, -0.25) is 4.90 Å². The maximum atomic E-state index is 5.63. The summed E-state index contributed by atoms with van der Waals surface area (Å²) in [5, 5.41) is 0. The van der Waals surface area contributed by atoms with Crippen LogP contribution in [-0.4, -0.2) is 49.1 Å². The summed E-state index contributed by atoms with van der Waals surface area (Å²) < 4.78 is 0. The van der Waals surface area contributed by atoms with Crippen LogP contribution >= 0.6 is 0 Å². The largest absolute Gasteiger partial charge is 0.329 e. The topological polar surface area (TPSA) is 32.5 Å². The molecular weight excluding hydrogens is 246 g/mol. The summed E-state index contributed by atoms with van der Waals surface area (Å²) in [6.07, 6.45) is 2.65. The molecule has 1 fully saturated rings. The molecule has 112 valence electrons. The molecule has 0 spiro atoms. The predicted molar refractivity (Wildman–Crippen MR) is 85.6 cm³/mol. The Morgan fingerprint density at radius 3 is 2.50 bits per heavy atom. The summed E-state index contributed by atoms with van der Waals surface area (Å²) in [5.41, 5.74) is 7.06. The molecule has 0 aliphatic carbocycles. The number of nitrogens with two attached hydrogens (primary N) is 1. The van der Waals surface area contributed by atoms with Crippen molar-refractivity contribution in [3.05, 3.63) is 35.9 Å². The van der Waals surface area contributed by atoms with Crippen molar-refractivity contribution < 1.29 is 0 Å². The zero-order chi connectivity index (χ0) is 14.2. The first kappa shape index (κ1) is 15.5. The van der Waals surface area contributed by atoms with Crippen molar-refractivity contribution in [1.82, 2.24) is 9.80 Å². The molecule has 20 heavy (non-hydrogen) atoms. The van der Waals surface area contributed by atoms with Crippen molar-refractivity contribution in [3.8, 4) is 0 Å². The van der Waals surface area contributed by atoms with E-state index in [2.05, 4.69) is 47.1 Å². The van der Waals surface area contributed by atoms with Gasteiger partial charge >= 0.3 is 0 Å². The number of hydrogen-bond acceptors (Lipinski definition) is 3. The van der Waals surface area contributed by atoms with E-state index in [4.69, 9.17) is 5.73 Å². The van der Waals surface area contributed by atoms with Gasteiger partial charge in [0.05, 0.1) is 0 Å². The molecule has 0 amide bonds. The van der Waals surface area contributed by atoms with Crippen LogP contribution < -0.4 is 5.73 Å². The molecule has 1 aliphatic rings. The van der Waals surface area contributed by atoms with Gasteiger partial charge in [0, 0.05) is 26.2 Å². The molecule has 1 saturated heterocycles. The lowest BCUT2D eigenvalue weighted by Crippen LogP contribution is -2.40. The second-order valence-corrected chi connectivity index (χ2v) is 5.89. The smallest absolute Gasteiger partial charge is 0.0233 e. The molecule has 0 unspecified atom stereocenters. The molecule has 0 bridgehead atoms. The van der Waals surface area contributed by atoms with Gasteiger partial charge < -0.3 is 10.6 Å². The van der Waals surface area contributed by atoms with E-state index in [0.29, 0.717) is 0 Å². The average Bonchev–Trinajstić information content (AvgIpc) is 2.50. The molecular formula is C17H29N3. The number of nitrogens with zero attached hydrogens (tertiary/aromatic N) is 2. The Balaban J connectivity index is 1.76. The van der Waals surface area contributed by atoms with Crippen molar-refractivity contribution in [1.29, 1.82) is 0 Å². The summed E-state index contributed by atoms with van der Waals surface area (Å²) in [6.45, 7) is 10.0. The summed E-state index contributed by atoms with van der Waals surface area (Å²) in [5.74, 6) is 0.854. The van der Waals surface area contributed by atoms with E-state index in [0.717, 1.165) is 32.1 Å². The molecule has 1 aliphatic heterocycles. The van der Waals surface area contributed by atoms with E-state index < -0.39 is 0 Å². The van der Waals surface area contributed by atoms with Gasteiger partial charge in [-0.1, -0.05) is 37.3 Å². The summed E-state index contributed by atoms with van der Waals surface area (Å²) in [6, 6.07) is 10.8. The molecule has 2 rings (SSSR count). The van der Waals surface area contributed by atoms with Crippen LogP contribution in [0.5, 0.6) is 0 Å². The third-order valence-corrected chi connectivity index (χ3v) is 4.37. The molecule has 0 radical (unpaired) electrons. The Morgan fingerprint density at radius 1 is 1.20 bits per heavy atom. The molecule has 1 aromatic rings. The molecule has 1 heterocycles. The zero-order valence-corrected chi connectivity index (χ0v) is 12.8. The first-order valence-electron chi connectivity index (χ1n) is 8.00. The highest BCUT2D eigenvalue weighted by Gasteiger charge is 2.20. The highest BCUT2D eigenvalue weighted by atomic mass is 15.1. The molecule has 1 aromatic carbocycles. The third kappa shape index (κ3) is 4.89. The first-order chi connectivity index (χ1) is 9.81. The summed E-state index contributed by atoms with van der Waals surface area (Å²) in [4.78, 5) is 5.09. The van der Waals surface area contributed by atoms with Gasteiger partial charge in [-0.05, 0) is 44.0 Å². The highest BCUT2D eigenvalue weighted by molar-refractivity contribution is 5.14. The number of likely N-dealkylation sites (tertiary alicyclic amines) is 1. The molecule has 0 atom stereocenters. The minimum absolute atomic E-state index is 0.791. The third-order valence-electron chi connectivity index (χ3n) is 4.37. The lowest BCUT2D eigenvalue weighted by Gasteiger charge is -2.34. The van der Waals surface area contributed by atoms with E-state index >= 15 is 0 Å². The second kappa shape index (κ2) is 8.40. The monoisotopic (exact) mass is 275 g/mol. The molecule has 3 nitrogen and oxygen atoms in total. The maximum absolute atomic E-state index is 5.63. The fourth-order valence-corrected chi connectivity index (χ4v) is 3.09. The second-order valence-electron chi connectivity index (χ2n) is 5.89. The van der Waals surface area contributed by atoms with Crippen LogP contribution in [0.4, 0.5) is 0 Å². The minimum Gasteiger partial charge on any atom is -0.329 e. The molecule has 3 heteroatoms. The van der Waals surface area contributed by atoms with E-state index in [9.17, 15) is 0 Å². The summed E-state index contributed by atoms with van der Waals surface area (Å²) in [7, 11) is 0. The van der Waals surface area contributed by atoms with Gasteiger partial charge in [0.15, 0.2) is 0 Å². The van der Waals surface area contributed by atoms with Crippen molar-refractivity contribution in [2.45, 2.75) is 26.3 Å². The van der Waals surface area contributed by atoms with Crippen LogP contribution in [0.3, 0.4) is 0 Å². The highest BCUT2D eigenvalue weighted by Crippen LogP contribution is 2.19. The average molecular weight is 275 g/mol. The van der Waals surface area contributed by atoms with E-state index in [1.54, 1.807) is 0 Å². The standard InChI is InChI=1S/C17H29N3/c1-2-19(14-16-6-4-3-5-7-16)15-17-8-11-20(12-9-17)13-10-18/h3-7,17H,2,8-15,18H2,1H3. The van der Waals surface area contributed by atoms with Gasteiger partial charge in [-0.25, -0.2) is 0 Å². The molecule has 0 saturated carbocycles. The van der Waals surface area contributed by atoms with E-state index in [-0.39, 0.29) is 0 Å². The number of benzene rings is 1. The minimum atomic E-state index is 0.791. The Hall–Kier alpha value is -0.900. The van der Waals surface area contributed by atoms with Crippen LogP contribution in [-0.2, 0) is 6.54 Å². The number of piperidine rings is 1. The fraction of sp³-hybridized carbons (Fsp3) is 0.647. The van der Waals surface area contributed by atoms with E-state index in [1.807, 2.05) is 0 Å². The summed E-state index contributed by atoms with van der Waals surface area (Å²) >= 11 is 0. The van der Waals surface area contributed by atoms with Crippen LogP contribution in [0.2, 0.25) is 0 Å².